The molecule has 0 amide bonds. The second-order valence-corrected chi connectivity index (χ2v) is 4.62. The van der Waals surface area contributed by atoms with Crippen molar-refractivity contribution in [1.82, 2.24) is 0 Å². The lowest BCUT2D eigenvalue weighted by molar-refractivity contribution is -0.138. The summed E-state index contributed by atoms with van der Waals surface area (Å²) in [5.41, 5.74) is 0. The van der Waals surface area contributed by atoms with E-state index < -0.39 is 5.97 Å². The van der Waals surface area contributed by atoms with Gasteiger partial charge in [0.05, 0.1) is 12.5 Å². The molecule has 2 rings (SSSR count). The molecule has 1 aromatic carbocycles. The summed E-state index contributed by atoms with van der Waals surface area (Å²) in [5, 5.41) is 8.70. The van der Waals surface area contributed by atoms with Crippen LogP contribution in [0.3, 0.4) is 0 Å². The highest BCUT2D eigenvalue weighted by atomic mass is 79.9. The van der Waals surface area contributed by atoms with Gasteiger partial charge in [-0.3, -0.25) is 4.79 Å². The molecule has 1 saturated carbocycles. The van der Waals surface area contributed by atoms with E-state index in [2.05, 4.69) is 15.9 Å². The van der Waals surface area contributed by atoms with Crippen molar-refractivity contribution in [2.75, 3.05) is 6.61 Å². The van der Waals surface area contributed by atoms with Gasteiger partial charge in [0.1, 0.15) is 5.75 Å². The van der Waals surface area contributed by atoms with Gasteiger partial charge in [-0.15, -0.1) is 0 Å². The van der Waals surface area contributed by atoms with Crippen LogP contribution in [0.15, 0.2) is 28.7 Å². The van der Waals surface area contributed by atoms with Gasteiger partial charge < -0.3 is 9.84 Å². The Morgan fingerprint density at radius 1 is 1.60 bits per heavy atom. The van der Waals surface area contributed by atoms with E-state index in [1.165, 1.54) is 0 Å². The van der Waals surface area contributed by atoms with E-state index in [4.69, 9.17) is 9.84 Å². The van der Waals surface area contributed by atoms with Gasteiger partial charge in [-0.1, -0.05) is 22.0 Å². The molecule has 15 heavy (non-hydrogen) atoms. The van der Waals surface area contributed by atoms with Crippen LogP contribution < -0.4 is 4.74 Å². The third-order valence-electron chi connectivity index (χ3n) is 2.50. The highest BCUT2D eigenvalue weighted by Gasteiger charge is 2.43. The molecule has 1 aliphatic carbocycles. The Kier molecular flexibility index (Phi) is 2.95. The molecule has 0 saturated heterocycles. The van der Waals surface area contributed by atoms with Gasteiger partial charge >= 0.3 is 5.97 Å². The highest BCUT2D eigenvalue weighted by Crippen LogP contribution is 2.38. The van der Waals surface area contributed by atoms with Gasteiger partial charge in [0.25, 0.3) is 0 Å². The van der Waals surface area contributed by atoms with Crippen LogP contribution in [-0.2, 0) is 4.79 Å². The Labute approximate surface area is 96.2 Å². The standard InChI is InChI=1S/C11H11BrO3/c12-8-2-1-3-9(5-8)15-6-7-4-10(7)11(13)14/h1-3,5,7,10H,4,6H2,(H,13,14). The van der Waals surface area contributed by atoms with Gasteiger partial charge in [0, 0.05) is 10.4 Å². The second-order valence-electron chi connectivity index (χ2n) is 3.71. The molecule has 80 valence electrons. The van der Waals surface area contributed by atoms with Crippen LogP contribution in [-0.4, -0.2) is 17.7 Å². The largest absolute Gasteiger partial charge is 0.493 e. The van der Waals surface area contributed by atoms with Crippen molar-refractivity contribution >= 4 is 21.9 Å². The lowest BCUT2D eigenvalue weighted by atomic mass is 10.3. The van der Waals surface area contributed by atoms with Crippen LogP contribution in [0.5, 0.6) is 5.75 Å². The fourth-order valence-corrected chi connectivity index (χ4v) is 1.87. The summed E-state index contributed by atoms with van der Waals surface area (Å²) in [6, 6.07) is 7.55. The van der Waals surface area contributed by atoms with Gasteiger partial charge in [0.15, 0.2) is 0 Å². The summed E-state index contributed by atoms with van der Waals surface area (Å²) in [7, 11) is 0. The summed E-state index contributed by atoms with van der Waals surface area (Å²) in [4.78, 5) is 10.6. The lowest BCUT2D eigenvalue weighted by Crippen LogP contribution is -2.06. The fourth-order valence-electron chi connectivity index (χ4n) is 1.49. The summed E-state index contributed by atoms with van der Waals surface area (Å²) in [6.07, 6.45) is 0.739. The van der Waals surface area contributed by atoms with Gasteiger partial charge in [-0.05, 0) is 24.6 Å². The molecule has 0 bridgehead atoms. The van der Waals surface area contributed by atoms with Crippen LogP contribution in [0.25, 0.3) is 0 Å². The number of carbonyl (C=O) groups is 1. The fraction of sp³-hybridized carbons (Fsp3) is 0.364. The Balaban J connectivity index is 1.82. The summed E-state index contributed by atoms with van der Waals surface area (Å²) in [6.45, 7) is 0.493. The number of carboxylic acid groups (broad SMARTS) is 1. The molecule has 2 atom stereocenters. The molecule has 2 unspecified atom stereocenters. The summed E-state index contributed by atoms with van der Waals surface area (Å²) < 4.78 is 6.46. The van der Waals surface area contributed by atoms with Gasteiger partial charge in [0.2, 0.25) is 0 Å². The van der Waals surface area contributed by atoms with Crippen LogP contribution in [0.4, 0.5) is 0 Å². The molecule has 0 aromatic heterocycles. The number of hydrogen-bond acceptors (Lipinski definition) is 2. The Morgan fingerprint density at radius 2 is 2.40 bits per heavy atom. The van der Waals surface area contributed by atoms with Crippen molar-refractivity contribution in [2.45, 2.75) is 6.42 Å². The first kappa shape index (κ1) is 10.5. The molecule has 0 aliphatic heterocycles. The molecule has 1 aromatic rings. The van der Waals surface area contributed by atoms with E-state index in [1.54, 1.807) is 0 Å². The zero-order valence-electron chi connectivity index (χ0n) is 8.02. The summed E-state index contributed by atoms with van der Waals surface area (Å²) in [5.74, 6) is 0.0527. The molecule has 1 N–H and O–H groups in total. The first-order valence-electron chi connectivity index (χ1n) is 4.78. The minimum Gasteiger partial charge on any atom is -0.493 e. The predicted octanol–water partition coefficient (Wildman–Crippen LogP) is 2.55. The van der Waals surface area contributed by atoms with E-state index >= 15 is 0 Å². The normalized spacial score (nSPS) is 23.5. The Hall–Kier alpha value is -1.03. The molecule has 4 heteroatoms. The molecule has 0 radical (unpaired) electrons. The Bertz CT molecular complexity index is 378. The van der Waals surface area contributed by atoms with Crippen LogP contribution in [0.1, 0.15) is 6.42 Å². The molecule has 1 fully saturated rings. The van der Waals surface area contributed by atoms with Gasteiger partial charge in [-0.2, -0.15) is 0 Å². The third-order valence-corrected chi connectivity index (χ3v) is 2.99. The number of halogens is 1. The van der Waals surface area contributed by atoms with Crippen molar-refractivity contribution in [1.29, 1.82) is 0 Å². The third kappa shape index (κ3) is 2.72. The highest BCUT2D eigenvalue weighted by molar-refractivity contribution is 9.10. The number of hydrogen-bond donors (Lipinski definition) is 1. The maximum atomic E-state index is 10.6. The van der Waals surface area contributed by atoms with Gasteiger partial charge in [-0.25, -0.2) is 0 Å². The molecular weight excluding hydrogens is 260 g/mol. The number of rotatable bonds is 4. The van der Waals surface area contributed by atoms with Crippen molar-refractivity contribution in [3.8, 4) is 5.75 Å². The molecular formula is C11H11BrO3. The number of ether oxygens (including phenoxy) is 1. The quantitative estimate of drug-likeness (QED) is 0.915. The first-order valence-corrected chi connectivity index (χ1v) is 5.57. The SMILES string of the molecule is O=C(O)C1CC1COc1cccc(Br)c1. The van der Waals surface area contributed by atoms with E-state index in [-0.39, 0.29) is 11.8 Å². The minimum absolute atomic E-state index is 0.182. The molecule has 1 aliphatic rings. The monoisotopic (exact) mass is 270 g/mol. The van der Waals surface area contributed by atoms with E-state index in [1.807, 2.05) is 24.3 Å². The van der Waals surface area contributed by atoms with Crippen molar-refractivity contribution in [3.05, 3.63) is 28.7 Å². The zero-order valence-corrected chi connectivity index (χ0v) is 9.61. The predicted molar refractivity (Wildman–Crippen MR) is 58.9 cm³/mol. The molecule has 0 spiro atoms. The van der Waals surface area contributed by atoms with Crippen molar-refractivity contribution < 1.29 is 14.6 Å². The van der Waals surface area contributed by atoms with E-state index in [0.29, 0.717) is 6.61 Å². The van der Waals surface area contributed by atoms with Crippen LogP contribution in [0.2, 0.25) is 0 Å². The smallest absolute Gasteiger partial charge is 0.306 e. The molecule has 3 nitrogen and oxygen atoms in total. The zero-order chi connectivity index (χ0) is 10.8. The second kappa shape index (κ2) is 4.23. The minimum atomic E-state index is -0.710. The van der Waals surface area contributed by atoms with E-state index in [9.17, 15) is 4.79 Å². The maximum absolute atomic E-state index is 10.6. The topological polar surface area (TPSA) is 46.5 Å². The number of benzene rings is 1. The first-order chi connectivity index (χ1) is 7.16. The van der Waals surface area contributed by atoms with Crippen molar-refractivity contribution in [3.63, 3.8) is 0 Å². The maximum Gasteiger partial charge on any atom is 0.306 e. The average molecular weight is 271 g/mol. The van der Waals surface area contributed by atoms with E-state index in [0.717, 1.165) is 16.6 Å². The number of aliphatic carboxylic acids is 1. The van der Waals surface area contributed by atoms with Crippen LogP contribution >= 0.6 is 15.9 Å². The number of carboxylic acids is 1. The molecule has 0 heterocycles. The van der Waals surface area contributed by atoms with Crippen molar-refractivity contribution in [2.24, 2.45) is 11.8 Å². The van der Waals surface area contributed by atoms with Crippen LogP contribution in [0, 0.1) is 11.8 Å². The lowest BCUT2D eigenvalue weighted by Gasteiger charge is -2.05. The Morgan fingerprint density at radius 3 is 3.00 bits per heavy atom. The summed E-state index contributed by atoms with van der Waals surface area (Å²) >= 11 is 3.35. The average Bonchev–Trinajstić information content (AvgIpc) is 2.94.